The van der Waals surface area contributed by atoms with Crippen molar-refractivity contribution in [2.45, 2.75) is 25.2 Å². The summed E-state index contributed by atoms with van der Waals surface area (Å²) in [5, 5.41) is 0. The molecule has 0 aliphatic heterocycles. The summed E-state index contributed by atoms with van der Waals surface area (Å²) in [6.07, 6.45) is 6.29. The molecule has 126 valence electrons. The second kappa shape index (κ2) is 4.94. The quantitative estimate of drug-likeness (QED) is 0.638. The van der Waals surface area contributed by atoms with Gasteiger partial charge in [-0.25, -0.2) is 0 Å². The van der Waals surface area contributed by atoms with Crippen molar-refractivity contribution in [3.63, 3.8) is 0 Å². The molecule has 4 atom stereocenters. The average molecular weight is 390 g/mol. The van der Waals surface area contributed by atoms with Crippen LogP contribution in [0.3, 0.4) is 0 Å². The maximum Gasteiger partial charge on any atom is 0.310 e. The number of halogens is 1. The van der Waals surface area contributed by atoms with Crippen LogP contribution in [-0.2, 0) is 19.7 Å². The Balaban J connectivity index is 2.00. The van der Waals surface area contributed by atoms with Crippen LogP contribution in [0.15, 0.2) is 34.8 Å². The Bertz CT molecular complexity index is 783. The number of benzene rings is 1. The Kier molecular flexibility index (Phi) is 3.27. The Morgan fingerprint density at radius 3 is 2.54 bits per heavy atom. The van der Waals surface area contributed by atoms with Crippen molar-refractivity contribution in [1.82, 2.24) is 0 Å². The number of ether oxygens (including phenoxy) is 1. The molecule has 3 aliphatic carbocycles. The number of carbonyl (C=O) groups is 2. The number of allylic oxidation sites excluding steroid dienone is 2. The van der Waals surface area contributed by atoms with E-state index in [1.807, 2.05) is 25.1 Å². The topological polar surface area (TPSA) is 69.4 Å². The Labute approximate surface area is 149 Å². The van der Waals surface area contributed by atoms with Gasteiger partial charge < -0.3 is 10.5 Å². The van der Waals surface area contributed by atoms with E-state index in [4.69, 9.17) is 10.5 Å². The highest BCUT2D eigenvalue weighted by Crippen LogP contribution is 2.76. The lowest BCUT2D eigenvalue weighted by molar-refractivity contribution is -0.152. The Morgan fingerprint density at radius 2 is 2.00 bits per heavy atom. The molecule has 0 saturated heterocycles. The Hall–Kier alpha value is -1.62. The summed E-state index contributed by atoms with van der Waals surface area (Å²) in [4.78, 5) is 25.6. The standard InChI is InChI=1S/C19H20BrNO3/c1-10-9-11(20)3-4-12(10)19(17(21)23)14-6-5-13(18(14)7-8-18)15(19)16(22)24-2/h3-6,9,13-15H,7-8H2,1-2H3,(H2,21,23)/t13-,14+,15+,19-/m1/s1. The molecule has 5 heteroatoms. The summed E-state index contributed by atoms with van der Waals surface area (Å²) in [5.74, 6) is -1.30. The molecule has 1 aromatic carbocycles. The van der Waals surface area contributed by atoms with Gasteiger partial charge in [0.2, 0.25) is 5.91 Å². The van der Waals surface area contributed by atoms with Crippen molar-refractivity contribution >= 4 is 27.8 Å². The molecule has 2 N–H and O–H groups in total. The zero-order chi connectivity index (χ0) is 17.3. The van der Waals surface area contributed by atoms with Crippen molar-refractivity contribution in [2.75, 3.05) is 7.11 Å². The summed E-state index contributed by atoms with van der Waals surface area (Å²) in [6.45, 7) is 1.97. The molecule has 4 nitrogen and oxygen atoms in total. The number of esters is 1. The summed E-state index contributed by atoms with van der Waals surface area (Å²) in [5.41, 5.74) is 6.81. The Morgan fingerprint density at radius 1 is 1.29 bits per heavy atom. The highest BCUT2D eigenvalue weighted by atomic mass is 79.9. The summed E-state index contributed by atoms with van der Waals surface area (Å²) in [7, 11) is 1.39. The number of hydrogen-bond donors (Lipinski definition) is 1. The van der Waals surface area contributed by atoms with Crippen LogP contribution >= 0.6 is 15.9 Å². The van der Waals surface area contributed by atoms with E-state index in [-0.39, 0.29) is 23.2 Å². The molecule has 0 heterocycles. The van der Waals surface area contributed by atoms with Crippen molar-refractivity contribution in [2.24, 2.45) is 28.9 Å². The van der Waals surface area contributed by atoms with Crippen LogP contribution in [-0.4, -0.2) is 19.0 Å². The van der Waals surface area contributed by atoms with Gasteiger partial charge in [-0.2, -0.15) is 0 Å². The minimum atomic E-state index is -1.02. The molecule has 0 aromatic heterocycles. The lowest BCUT2D eigenvalue weighted by atomic mass is 9.62. The van der Waals surface area contributed by atoms with Gasteiger partial charge in [-0.15, -0.1) is 0 Å². The van der Waals surface area contributed by atoms with E-state index in [1.54, 1.807) is 0 Å². The number of primary amides is 1. The summed E-state index contributed by atoms with van der Waals surface area (Å²) < 4.78 is 6.05. The van der Waals surface area contributed by atoms with E-state index in [0.717, 1.165) is 28.4 Å². The zero-order valence-electron chi connectivity index (χ0n) is 13.7. The second-order valence-corrected chi connectivity index (χ2v) is 8.23. The number of carbonyl (C=O) groups excluding carboxylic acids is 2. The van der Waals surface area contributed by atoms with E-state index < -0.39 is 17.2 Å². The first kappa shape index (κ1) is 15.9. The zero-order valence-corrected chi connectivity index (χ0v) is 15.3. The van der Waals surface area contributed by atoms with E-state index in [1.165, 1.54) is 7.11 Å². The molecule has 0 radical (unpaired) electrons. The monoisotopic (exact) mass is 389 g/mol. The third kappa shape index (κ3) is 1.69. The lowest BCUT2D eigenvalue weighted by Crippen LogP contribution is -2.53. The van der Waals surface area contributed by atoms with Crippen molar-refractivity contribution in [1.29, 1.82) is 0 Å². The molecule has 3 aliphatic rings. The maximum atomic E-state index is 12.9. The first-order valence-electron chi connectivity index (χ1n) is 8.22. The first-order chi connectivity index (χ1) is 11.4. The van der Waals surface area contributed by atoms with Crippen LogP contribution in [0.5, 0.6) is 0 Å². The van der Waals surface area contributed by atoms with Gasteiger partial charge in [0.1, 0.15) is 0 Å². The van der Waals surface area contributed by atoms with Crippen LogP contribution in [0.2, 0.25) is 0 Å². The van der Waals surface area contributed by atoms with E-state index in [9.17, 15) is 9.59 Å². The van der Waals surface area contributed by atoms with E-state index in [2.05, 4.69) is 28.1 Å². The minimum absolute atomic E-state index is 0.00734. The molecule has 2 bridgehead atoms. The van der Waals surface area contributed by atoms with Gasteiger partial charge in [0.05, 0.1) is 18.4 Å². The normalized spacial score (nSPS) is 34.5. The van der Waals surface area contributed by atoms with Crippen LogP contribution in [0.25, 0.3) is 0 Å². The van der Waals surface area contributed by atoms with Crippen molar-refractivity contribution in [3.05, 3.63) is 46.0 Å². The molecule has 2 saturated carbocycles. The summed E-state index contributed by atoms with van der Waals surface area (Å²) >= 11 is 3.47. The van der Waals surface area contributed by atoms with Gasteiger partial charge in [-0.1, -0.05) is 34.1 Å². The SMILES string of the molecule is COC(=O)[C@@H]1[C@H]2C=C[C@@H](C23CC3)[C@]1(C(N)=O)c1ccc(Br)cc1C. The number of rotatable bonds is 3. The number of nitrogens with two attached hydrogens (primary N) is 1. The average Bonchev–Trinajstić information content (AvgIpc) is 3.20. The van der Waals surface area contributed by atoms with E-state index >= 15 is 0 Å². The molecule has 0 unspecified atom stereocenters. The highest BCUT2D eigenvalue weighted by Gasteiger charge is 2.77. The number of aryl methyl sites for hydroxylation is 1. The molecule has 4 rings (SSSR count). The third-order valence-electron chi connectivity index (χ3n) is 6.46. The van der Waals surface area contributed by atoms with Gasteiger partial charge in [0.25, 0.3) is 0 Å². The maximum absolute atomic E-state index is 12.9. The van der Waals surface area contributed by atoms with E-state index in [0.29, 0.717) is 0 Å². The third-order valence-corrected chi connectivity index (χ3v) is 6.95. The van der Waals surface area contributed by atoms with Gasteiger partial charge in [-0.3, -0.25) is 9.59 Å². The lowest BCUT2D eigenvalue weighted by Gasteiger charge is -2.39. The number of amides is 1. The van der Waals surface area contributed by atoms with Crippen molar-refractivity contribution < 1.29 is 14.3 Å². The molecule has 1 spiro atoms. The molecular formula is C19H20BrNO3. The highest BCUT2D eigenvalue weighted by molar-refractivity contribution is 9.10. The molecule has 1 amide bonds. The molecule has 24 heavy (non-hydrogen) atoms. The number of hydrogen-bond acceptors (Lipinski definition) is 3. The van der Waals surface area contributed by atoms with Gasteiger partial charge in [-0.05, 0) is 54.4 Å². The van der Waals surface area contributed by atoms with Crippen LogP contribution in [0.1, 0.15) is 24.0 Å². The second-order valence-electron chi connectivity index (χ2n) is 7.31. The fourth-order valence-electron chi connectivity index (χ4n) is 5.46. The van der Waals surface area contributed by atoms with Crippen LogP contribution in [0, 0.1) is 30.1 Å². The van der Waals surface area contributed by atoms with Gasteiger partial charge >= 0.3 is 5.97 Å². The van der Waals surface area contributed by atoms with Gasteiger partial charge in [0.15, 0.2) is 0 Å². The van der Waals surface area contributed by atoms with Gasteiger partial charge in [0, 0.05) is 10.4 Å². The smallest absolute Gasteiger partial charge is 0.310 e. The van der Waals surface area contributed by atoms with Crippen molar-refractivity contribution in [3.8, 4) is 0 Å². The fraction of sp³-hybridized carbons (Fsp3) is 0.474. The molecular weight excluding hydrogens is 370 g/mol. The summed E-state index contributed by atoms with van der Waals surface area (Å²) in [6, 6.07) is 5.82. The number of methoxy groups -OCH3 is 1. The first-order valence-corrected chi connectivity index (χ1v) is 9.01. The van der Waals surface area contributed by atoms with Crippen LogP contribution < -0.4 is 5.73 Å². The largest absolute Gasteiger partial charge is 0.469 e. The minimum Gasteiger partial charge on any atom is -0.469 e. The predicted octanol–water partition coefficient (Wildman–Crippen LogP) is 2.87. The predicted molar refractivity (Wildman–Crippen MR) is 93.0 cm³/mol. The molecule has 2 fully saturated rings. The molecule has 1 aromatic rings. The van der Waals surface area contributed by atoms with Crippen LogP contribution in [0.4, 0.5) is 0 Å². The fourth-order valence-corrected chi connectivity index (χ4v) is 5.94.